The van der Waals surface area contributed by atoms with Crippen LogP contribution in [-0.2, 0) is 4.74 Å². The summed E-state index contributed by atoms with van der Waals surface area (Å²) >= 11 is 0. The topological polar surface area (TPSA) is 48.9 Å². The van der Waals surface area contributed by atoms with Crippen molar-refractivity contribution in [2.75, 3.05) is 39.9 Å². The Hall–Kier alpha value is -0.810. The van der Waals surface area contributed by atoms with Crippen molar-refractivity contribution in [1.82, 2.24) is 15.5 Å². The van der Waals surface area contributed by atoms with E-state index in [1.54, 1.807) is 7.11 Å². The highest BCUT2D eigenvalue weighted by Gasteiger charge is 2.43. The van der Waals surface area contributed by atoms with Crippen molar-refractivity contribution in [3.05, 3.63) is 0 Å². The van der Waals surface area contributed by atoms with Crippen molar-refractivity contribution in [1.29, 1.82) is 0 Å². The van der Waals surface area contributed by atoms with Crippen LogP contribution in [0.3, 0.4) is 0 Å². The second-order valence-corrected chi connectivity index (χ2v) is 8.48. The van der Waals surface area contributed by atoms with Gasteiger partial charge in [0.1, 0.15) is 0 Å². The second-order valence-electron chi connectivity index (χ2n) is 8.48. The first-order valence-corrected chi connectivity index (χ1v) is 11.1. The van der Waals surface area contributed by atoms with Gasteiger partial charge in [0.15, 0.2) is 5.96 Å². The van der Waals surface area contributed by atoms with Gasteiger partial charge in [-0.2, -0.15) is 0 Å². The summed E-state index contributed by atoms with van der Waals surface area (Å²) < 4.78 is 5.17. The van der Waals surface area contributed by atoms with E-state index in [2.05, 4.69) is 22.5 Å². The number of nitrogens with zero attached hydrogens (tertiary/aromatic N) is 2. The number of rotatable bonds is 8. The molecule has 2 aliphatic carbocycles. The van der Waals surface area contributed by atoms with E-state index >= 15 is 0 Å². The summed E-state index contributed by atoms with van der Waals surface area (Å²) in [5.41, 5.74) is 0. The first-order chi connectivity index (χ1) is 12.8. The van der Waals surface area contributed by atoms with E-state index in [0.717, 1.165) is 37.4 Å². The highest BCUT2D eigenvalue weighted by molar-refractivity contribution is 5.80. The van der Waals surface area contributed by atoms with Crippen LogP contribution in [0.5, 0.6) is 0 Å². The summed E-state index contributed by atoms with van der Waals surface area (Å²) in [5.74, 6) is 2.94. The summed E-state index contributed by atoms with van der Waals surface area (Å²) in [6.07, 6.45) is 12.2. The van der Waals surface area contributed by atoms with Crippen molar-refractivity contribution in [3.63, 3.8) is 0 Å². The van der Waals surface area contributed by atoms with Crippen molar-refractivity contribution in [2.24, 2.45) is 16.8 Å². The van der Waals surface area contributed by atoms with Crippen LogP contribution in [0, 0.1) is 11.8 Å². The van der Waals surface area contributed by atoms with Gasteiger partial charge in [-0.05, 0) is 44.4 Å². The van der Waals surface area contributed by atoms with Gasteiger partial charge in [-0.1, -0.05) is 32.1 Å². The standard InChI is InChI=1S/C21H40N4O/c1-3-22-21(24-20-16-19(20)17-8-5-4-6-9-17)23-18-10-13-25(14-11-18)12-7-15-26-2/h17-20H,3-16H2,1-2H3,(H2,22,23,24). The lowest BCUT2D eigenvalue weighted by Crippen LogP contribution is -2.49. The molecule has 0 bridgehead atoms. The van der Waals surface area contributed by atoms with Crippen LogP contribution in [0.1, 0.15) is 64.7 Å². The Balaban J connectivity index is 1.37. The average molecular weight is 365 g/mol. The summed E-state index contributed by atoms with van der Waals surface area (Å²) in [7, 11) is 1.79. The van der Waals surface area contributed by atoms with Gasteiger partial charge in [-0.3, -0.25) is 4.99 Å². The van der Waals surface area contributed by atoms with Crippen molar-refractivity contribution in [3.8, 4) is 0 Å². The van der Waals surface area contributed by atoms with Gasteiger partial charge in [0.25, 0.3) is 0 Å². The number of nitrogens with one attached hydrogen (secondary N) is 2. The summed E-state index contributed by atoms with van der Waals surface area (Å²) in [5, 5.41) is 7.48. The molecule has 0 aromatic carbocycles. The molecule has 150 valence electrons. The molecule has 3 rings (SSSR count). The van der Waals surface area contributed by atoms with E-state index in [0.29, 0.717) is 12.1 Å². The number of ether oxygens (including phenoxy) is 1. The van der Waals surface area contributed by atoms with Crippen molar-refractivity contribution in [2.45, 2.75) is 76.8 Å². The molecule has 2 unspecified atom stereocenters. The maximum Gasteiger partial charge on any atom is 0.191 e. The van der Waals surface area contributed by atoms with Crippen molar-refractivity contribution < 1.29 is 4.74 Å². The molecule has 0 aromatic heterocycles. The Morgan fingerprint density at radius 3 is 2.54 bits per heavy atom. The van der Waals surface area contributed by atoms with Crippen LogP contribution in [-0.4, -0.2) is 62.8 Å². The molecule has 0 radical (unpaired) electrons. The molecule has 1 saturated heterocycles. The maximum absolute atomic E-state index is 5.17. The lowest BCUT2D eigenvalue weighted by molar-refractivity contribution is 0.155. The van der Waals surface area contributed by atoms with Gasteiger partial charge in [0, 0.05) is 52.0 Å². The zero-order valence-corrected chi connectivity index (χ0v) is 17.0. The van der Waals surface area contributed by atoms with E-state index < -0.39 is 0 Å². The Kier molecular flexibility index (Phi) is 8.06. The molecule has 26 heavy (non-hydrogen) atoms. The first-order valence-electron chi connectivity index (χ1n) is 11.1. The monoisotopic (exact) mass is 364 g/mol. The zero-order chi connectivity index (χ0) is 18.2. The Labute approximate surface area is 160 Å². The molecule has 2 N–H and O–H groups in total. The largest absolute Gasteiger partial charge is 0.385 e. The van der Waals surface area contributed by atoms with E-state index in [1.807, 2.05) is 0 Å². The minimum absolute atomic E-state index is 0.568. The zero-order valence-electron chi connectivity index (χ0n) is 17.0. The molecule has 2 saturated carbocycles. The first kappa shape index (κ1) is 19.9. The van der Waals surface area contributed by atoms with E-state index in [9.17, 15) is 0 Å². The third-order valence-corrected chi connectivity index (χ3v) is 6.48. The molecule has 5 heteroatoms. The number of methoxy groups -OCH3 is 1. The molecule has 5 nitrogen and oxygen atoms in total. The summed E-state index contributed by atoms with van der Waals surface area (Å²) in [6, 6.07) is 1.24. The van der Waals surface area contributed by atoms with Crippen LogP contribution in [0.4, 0.5) is 0 Å². The van der Waals surface area contributed by atoms with Gasteiger partial charge in [-0.25, -0.2) is 0 Å². The lowest BCUT2D eigenvalue weighted by atomic mass is 9.85. The predicted octanol–water partition coefficient (Wildman–Crippen LogP) is 3.01. The minimum Gasteiger partial charge on any atom is -0.385 e. The molecule has 1 aliphatic heterocycles. The van der Waals surface area contributed by atoms with Gasteiger partial charge in [0.05, 0.1) is 0 Å². The normalized spacial score (nSPS) is 28.9. The highest BCUT2D eigenvalue weighted by Crippen LogP contribution is 2.44. The number of aliphatic imine (C=N–C) groups is 1. The third kappa shape index (κ3) is 6.12. The fourth-order valence-corrected chi connectivity index (χ4v) is 4.86. The van der Waals surface area contributed by atoms with E-state index in [-0.39, 0.29) is 0 Å². The average Bonchev–Trinajstić information content (AvgIpc) is 3.43. The smallest absolute Gasteiger partial charge is 0.191 e. The number of hydrogen-bond donors (Lipinski definition) is 2. The number of likely N-dealkylation sites (tertiary alicyclic amines) is 1. The van der Waals surface area contributed by atoms with Crippen LogP contribution >= 0.6 is 0 Å². The van der Waals surface area contributed by atoms with Gasteiger partial charge >= 0.3 is 0 Å². The Morgan fingerprint density at radius 1 is 1.08 bits per heavy atom. The van der Waals surface area contributed by atoms with E-state index in [4.69, 9.17) is 9.73 Å². The Bertz CT molecular complexity index is 428. The fourth-order valence-electron chi connectivity index (χ4n) is 4.86. The molecule has 3 fully saturated rings. The quantitative estimate of drug-likeness (QED) is 0.395. The molecule has 1 heterocycles. The molecule has 0 amide bonds. The van der Waals surface area contributed by atoms with Gasteiger partial charge < -0.3 is 20.3 Å². The summed E-state index contributed by atoms with van der Waals surface area (Å²) in [6.45, 7) is 7.40. The van der Waals surface area contributed by atoms with Crippen LogP contribution < -0.4 is 10.6 Å². The Morgan fingerprint density at radius 2 is 1.85 bits per heavy atom. The van der Waals surface area contributed by atoms with Crippen LogP contribution in [0.15, 0.2) is 4.99 Å². The predicted molar refractivity (Wildman–Crippen MR) is 109 cm³/mol. The molecule has 3 aliphatic rings. The van der Waals surface area contributed by atoms with Crippen molar-refractivity contribution >= 4 is 5.96 Å². The maximum atomic E-state index is 5.17. The minimum atomic E-state index is 0.568. The summed E-state index contributed by atoms with van der Waals surface area (Å²) in [4.78, 5) is 7.29. The third-order valence-electron chi connectivity index (χ3n) is 6.48. The van der Waals surface area contributed by atoms with E-state index in [1.165, 1.54) is 71.0 Å². The van der Waals surface area contributed by atoms with Crippen LogP contribution in [0.2, 0.25) is 0 Å². The van der Waals surface area contributed by atoms with Gasteiger partial charge in [-0.15, -0.1) is 0 Å². The number of guanidine groups is 1. The molecular formula is C21H40N4O. The molecule has 0 aromatic rings. The fraction of sp³-hybridized carbons (Fsp3) is 0.952. The SMILES string of the molecule is CCN=C(NC1CCN(CCCOC)CC1)NC1CC1C1CCCCC1. The number of piperidine rings is 1. The lowest BCUT2D eigenvalue weighted by Gasteiger charge is -2.33. The van der Waals surface area contributed by atoms with Crippen LogP contribution in [0.25, 0.3) is 0 Å². The molecular weight excluding hydrogens is 324 g/mol. The second kappa shape index (κ2) is 10.5. The van der Waals surface area contributed by atoms with Gasteiger partial charge in [0.2, 0.25) is 0 Å². The highest BCUT2D eigenvalue weighted by atomic mass is 16.5. The molecule has 2 atom stereocenters. The molecule has 0 spiro atoms. The number of hydrogen-bond acceptors (Lipinski definition) is 3.